The summed E-state index contributed by atoms with van der Waals surface area (Å²) in [5, 5.41) is 32.5. The SMILES string of the molecule is CC(=O)/C=C(\N)CNC(=O)c1c(-c2ccccc2)c(-c2ccc(F)cc2)c(CC[C@@H](O)C[C@@H](O)CC(=O)O)n1C(C)C. The van der Waals surface area contributed by atoms with Crippen molar-refractivity contribution in [2.75, 3.05) is 6.54 Å². The molecule has 3 rings (SSSR count). The summed E-state index contributed by atoms with van der Waals surface area (Å²) in [6.07, 6.45) is -1.14. The van der Waals surface area contributed by atoms with E-state index in [4.69, 9.17) is 10.8 Å². The third-order valence-corrected chi connectivity index (χ3v) is 6.74. The van der Waals surface area contributed by atoms with E-state index in [1.807, 2.05) is 48.7 Å². The maximum Gasteiger partial charge on any atom is 0.305 e. The number of aliphatic carboxylic acids is 1. The number of carbonyl (C=O) groups excluding carboxylic acids is 2. The van der Waals surface area contributed by atoms with Crippen molar-refractivity contribution in [2.24, 2.45) is 5.73 Å². The normalized spacial score (nSPS) is 13.2. The van der Waals surface area contributed by atoms with Crippen LogP contribution in [0.3, 0.4) is 0 Å². The summed E-state index contributed by atoms with van der Waals surface area (Å²) in [5.41, 5.74) is 9.88. The molecule has 0 radical (unpaired) electrons. The number of allylic oxidation sites excluding steroid dienone is 1. The lowest BCUT2D eigenvalue weighted by Gasteiger charge is -2.20. The molecule has 10 heteroatoms. The molecule has 0 saturated carbocycles. The fourth-order valence-electron chi connectivity index (χ4n) is 5.09. The second-order valence-electron chi connectivity index (χ2n) is 10.6. The van der Waals surface area contributed by atoms with Gasteiger partial charge in [-0.1, -0.05) is 42.5 Å². The van der Waals surface area contributed by atoms with E-state index in [0.717, 1.165) is 5.56 Å². The lowest BCUT2D eigenvalue weighted by Crippen LogP contribution is -2.31. The molecule has 0 aliphatic rings. The molecule has 0 bridgehead atoms. The van der Waals surface area contributed by atoms with Gasteiger partial charge in [-0.2, -0.15) is 0 Å². The second-order valence-corrected chi connectivity index (χ2v) is 10.6. The van der Waals surface area contributed by atoms with Gasteiger partial charge in [-0.05, 0) is 63.3 Å². The quantitative estimate of drug-likeness (QED) is 0.179. The van der Waals surface area contributed by atoms with Crippen LogP contribution in [0.25, 0.3) is 22.3 Å². The van der Waals surface area contributed by atoms with E-state index in [2.05, 4.69) is 5.32 Å². The zero-order chi connectivity index (χ0) is 31.0. The van der Waals surface area contributed by atoms with Gasteiger partial charge in [0.2, 0.25) is 0 Å². The number of aliphatic hydroxyl groups excluding tert-OH is 2. The number of amides is 1. The van der Waals surface area contributed by atoms with E-state index in [9.17, 15) is 29.0 Å². The largest absolute Gasteiger partial charge is 0.481 e. The average Bonchev–Trinajstić information content (AvgIpc) is 3.26. The number of aliphatic hydroxyl groups is 2. The Morgan fingerprint density at radius 3 is 2.17 bits per heavy atom. The van der Waals surface area contributed by atoms with Crippen molar-refractivity contribution < 1.29 is 34.1 Å². The topological polar surface area (TPSA) is 155 Å². The first-order valence-electron chi connectivity index (χ1n) is 13.8. The van der Waals surface area contributed by atoms with Gasteiger partial charge in [0.1, 0.15) is 11.5 Å². The predicted octanol–water partition coefficient (Wildman–Crippen LogP) is 4.22. The number of aromatic nitrogens is 1. The molecular formula is C32H38FN3O6. The van der Waals surface area contributed by atoms with Gasteiger partial charge < -0.3 is 30.9 Å². The summed E-state index contributed by atoms with van der Waals surface area (Å²) in [4.78, 5) is 36.3. The number of carbonyl (C=O) groups is 3. The zero-order valence-electron chi connectivity index (χ0n) is 24.0. The fraction of sp³-hybridized carbons (Fsp3) is 0.344. The number of nitrogens with two attached hydrogens (primary N) is 1. The molecule has 1 heterocycles. The van der Waals surface area contributed by atoms with Gasteiger partial charge in [0, 0.05) is 34.6 Å². The number of nitrogens with zero attached hydrogens (tertiary/aromatic N) is 1. The molecule has 224 valence electrons. The van der Waals surface area contributed by atoms with Crippen LogP contribution in [-0.4, -0.2) is 56.3 Å². The van der Waals surface area contributed by atoms with E-state index in [1.165, 1.54) is 25.1 Å². The number of benzene rings is 2. The number of carboxylic acid groups (broad SMARTS) is 1. The molecule has 0 aliphatic heterocycles. The molecule has 0 fully saturated rings. The van der Waals surface area contributed by atoms with Crippen LogP contribution in [0.15, 0.2) is 66.4 Å². The van der Waals surface area contributed by atoms with Crippen LogP contribution < -0.4 is 11.1 Å². The second kappa shape index (κ2) is 14.6. The Morgan fingerprint density at radius 1 is 0.976 bits per heavy atom. The van der Waals surface area contributed by atoms with Crippen LogP contribution in [0.4, 0.5) is 4.39 Å². The standard InChI is InChI=1S/C32H38FN3O6/c1-19(2)36-27(14-13-25(38)16-26(39)17-28(40)41)29(22-9-11-23(33)12-10-22)30(21-7-5-4-6-8-21)31(36)32(42)35-18-24(34)15-20(3)37/h4-12,15,19,25-26,38-39H,13-14,16-18,34H2,1-3H3,(H,35,42)(H,40,41)/b24-15-/t25-,26-/m1/s1. The summed E-state index contributed by atoms with van der Waals surface area (Å²) < 4.78 is 15.9. The highest BCUT2D eigenvalue weighted by atomic mass is 19.1. The van der Waals surface area contributed by atoms with E-state index in [0.29, 0.717) is 28.1 Å². The lowest BCUT2D eigenvalue weighted by molar-refractivity contribution is -0.139. The monoisotopic (exact) mass is 579 g/mol. The Kier molecular flexibility index (Phi) is 11.2. The molecule has 1 amide bonds. The van der Waals surface area contributed by atoms with Gasteiger partial charge in [0.05, 0.1) is 25.2 Å². The number of hydrogen-bond donors (Lipinski definition) is 5. The van der Waals surface area contributed by atoms with Crippen LogP contribution in [0.1, 0.15) is 62.3 Å². The number of halogens is 1. The van der Waals surface area contributed by atoms with Gasteiger partial charge in [-0.3, -0.25) is 14.4 Å². The molecule has 0 saturated heterocycles. The van der Waals surface area contributed by atoms with Crippen molar-refractivity contribution in [1.29, 1.82) is 0 Å². The molecule has 3 aromatic rings. The van der Waals surface area contributed by atoms with Crippen molar-refractivity contribution in [3.8, 4) is 22.3 Å². The van der Waals surface area contributed by atoms with E-state index < -0.39 is 36.3 Å². The Morgan fingerprint density at radius 2 is 1.60 bits per heavy atom. The molecule has 2 atom stereocenters. The molecule has 42 heavy (non-hydrogen) atoms. The maximum atomic E-state index is 14.0. The minimum atomic E-state index is -1.21. The predicted molar refractivity (Wildman–Crippen MR) is 158 cm³/mol. The van der Waals surface area contributed by atoms with Crippen LogP contribution in [0.5, 0.6) is 0 Å². The summed E-state index contributed by atoms with van der Waals surface area (Å²) in [5.74, 6) is -2.26. The van der Waals surface area contributed by atoms with Crippen LogP contribution >= 0.6 is 0 Å². The van der Waals surface area contributed by atoms with E-state index in [1.54, 1.807) is 12.1 Å². The van der Waals surface area contributed by atoms with Crippen LogP contribution in [0, 0.1) is 5.82 Å². The minimum Gasteiger partial charge on any atom is -0.481 e. The summed E-state index contributed by atoms with van der Waals surface area (Å²) >= 11 is 0. The third-order valence-electron chi connectivity index (χ3n) is 6.74. The van der Waals surface area contributed by atoms with Crippen LogP contribution in [-0.2, 0) is 16.0 Å². The first-order valence-corrected chi connectivity index (χ1v) is 13.8. The smallest absolute Gasteiger partial charge is 0.305 e. The molecule has 9 nitrogen and oxygen atoms in total. The number of carboxylic acids is 1. The molecular weight excluding hydrogens is 541 g/mol. The summed E-state index contributed by atoms with van der Waals surface area (Å²) in [6.45, 7) is 5.14. The molecule has 1 aromatic heterocycles. The van der Waals surface area contributed by atoms with Crippen molar-refractivity contribution >= 4 is 17.7 Å². The molecule has 0 unspecified atom stereocenters. The zero-order valence-corrected chi connectivity index (χ0v) is 24.0. The van der Waals surface area contributed by atoms with Gasteiger partial charge in [0.15, 0.2) is 5.78 Å². The van der Waals surface area contributed by atoms with Gasteiger partial charge in [0.25, 0.3) is 5.91 Å². The summed E-state index contributed by atoms with van der Waals surface area (Å²) in [6, 6.07) is 15.0. The van der Waals surface area contributed by atoms with E-state index in [-0.39, 0.29) is 43.3 Å². The molecule has 6 N–H and O–H groups in total. The first kappa shape index (κ1) is 32.2. The number of rotatable bonds is 14. The highest BCUT2D eigenvalue weighted by Gasteiger charge is 2.30. The Balaban J connectivity index is 2.20. The van der Waals surface area contributed by atoms with E-state index >= 15 is 0 Å². The third kappa shape index (κ3) is 8.37. The Labute approximate surface area is 244 Å². The van der Waals surface area contributed by atoms with Gasteiger partial charge in [-0.15, -0.1) is 0 Å². The molecule has 0 aliphatic carbocycles. The highest BCUT2D eigenvalue weighted by molar-refractivity contribution is 6.05. The van der Waals surface area contributed by atoms with Gasteiger partial charge >= 0.3 is 5.97 Å². The summed E-state index contributed by atoms with van der Waals surface area (Å²) in [7, 11) is 0. The van der Waals surface area contributed by atoms with Crippen molar-refractivity contribution in [1.82, 2.24) is 9.88 Å². The molecule has 0 spiro atoms. The fourth-order valence-corrected chi connectivity index (χ4v) is 5.09. The molecule has 2 aromatic carbocycles. The van der Waals surface area contributed by atoms with Crippen molar-refractivity contribution in [2.45, 2.75) is 64.7 Å². The Hall–Kier alpha value is -4.28. The average molecular weight is 580 g/mol. The number of hydrogen-bond acceptors (Lipinski definition) is 6. The van der Waals surface area contributed by atoms with Crippen molar-refractivity contribution in [3.05, 3.63) is 83.6 Å². The Bertz CT molecular complexity index is 1430. The lowest BCUT2D eigenvalue weighted by atomic mass is 9.92. The number of ketones is 1. The highest BCUT2D eigenvalue weighted by Crippen LogP contribution is 2.42. The minimum absolute atomic E-state index is 0.0582. The maximum absolute atomic E-state index is 14.0. The van der Waals surface area contributed by atoms with Crippen molar-refractivity contribution in [3.63, 3.8) is 0 Å². The van der Waals surface area contributed by atoms with Gasteiger partial charge in [-0.25, -0.2) is 4.39 Å². The van der Waals surface area contributed by atoms with Crippen LogP contribution in [0.2, 0.25) is 0 Å². The first-order chi connectivity index (χ1) is 19.9. The number of nitrogens with one attached hydrogen (secondary N) is 1.